The van der Waals surface area contributed by atoms with Gasteiger partial charge in [0.15, 0.2) is 5.82 Å². The summed E-state index contributed by atoms with van der Waals surface area (Å²) >= 11 is 0. The Bertz CT molecular complexity index is 557. The summed E-state index contributed by atoms with van der Waals surface area (Å²) in [5.74, 6) is 0.210. The largest absolute Gasteiger partial charge is 0.411 e. The number of hydrogen-bond donors (Lipinski definition) is 1. The average Bonchev–Trinajstić information content (AvgIpc) is 2.87. The molecular weight excluding hydrogens is 287 g/mol. The van der Waals surface area contributed by atoms with Gasteiger partial charge in [-0.3, -0.25) is 0 Å². The molecule has 0 aliphatic rings. The van der Waals surface area contributed by atoms with Crippen LogP contribution >= 0.6 is 0 Å². The SMILES string of the molecule is N[C@@H](Cc1ccccc1)c1nc(COCC(F)(F)F)no1. The molecule has 1 aromatic heterocycles. The zero-order valence-electron chi connectivity index (χ0n) is 11.0. The van der Waals surface area contributed by atoms with Gasteiger partial charge in [0, 0.05) is 0 Å². The third-order valence-electron chi connectivity index (χ3n) is 2.60. The number of benzene rings is 1. The number of aromatic nitrogens is 2. The van der Waals surface area contributed by atoms with E-state index in [0.717, 1.165) is 5.56 Å². The Hall–Kier alpha value is -1.93. The van der Waals surface area contributed by atoms with Gasteiger partial charge in [-0.25, -0.2) is 0 Å². The van der Waals surface area contributed by atoms with Crippen LogP contribution in [0.3, 0.4) is 0 Å². The summed E-state index contributed by atoms with van der Waals surface area (Å²) in [6.07, 6.45) is -3.89. The van der Waals surface area contributed by atoms with E-state index >= 15 is 0 Å². The normalized spacial score (nSPS) is 13.3. The van der Waals surface area contributed by atoms with Crippen LogP contribution in [-0.2, 0) is 17.8 Å². The first-order valence-electron chi connectivity index (χ1n) is 6.20. The Morgan fingerprint density at radius 1 is 1.24 bits per heavy atom. The maximum atomic E-state index is 11.9. The molecule has 1 heterocycles. The molecule has 1 atom stereocenters. The van der Waals surface area contributed by atoms with E-state index in [9.17, 15) is 13.2 Å². The minimum absolute atomic E-state index is 0.0396. The van der Waals surface area contributed by atoms with E-state index in [1.165, 1.54) is 0 Å². The van der Waals surface area contributed by atoms with Crippen molar-refractivity contribution in [2.24, 2.45) is 5.73 Å². The molecule has 0 spiro atoms. The van der Waals surface area contributed by atoms with Crippen LogP contribution in [0.15, 0.2) is 34.9 Å². The predicted molar refractivity (Wildman–Crippen MR) is 67.1 cm³/mol. The molecule has 0 saturated carbocycles. The van der Waals surface area contributed by atoms with Gasteiger partial charge in [-0.05, 0) is 12.0 Å². The second-order valence-electron chi connectivity index (χ2n) is 4.45. The second-order valence-corrected chi connectivity index (χ2v) is 4.45. The fourth-order valence-electron chi connectivity index (χ4n) is 1.69. The van der Waals surface area contributed by atoms with Crippen LogP contribution in [0.25, 0.3) is 0 Å². The molecule has 0 aliphatic carbocycles. The van der Waals surface area contributed by atoms with Crippen molar-refractivity contribution in [3.8, 4) is 0 Å². The molecule has 114 valence electrons. The van der Waals surface area contributed by atoms with Gasteiger partial charge in [-0.15, -0.1) is 0 Å². The lowest BCUT2D eigenvalue weighted by Crippen LogP contribution is -2.17. The van der Waals surface area contributed by atoms with Crippen LogP contribution in [0.5, 0.6) is 0 Å². The quantitative estimate of drug-likeness (QED) is 0.886. The third kappa shape index (κ3) is 5.16. The molecule has 0 fully saturated rings. The van der Waals surface area contributed by atoms with Crippen LogP contribution in [-0.4, -0.2) is 22.9 Å². The molecule has 5 nitrogen and oxygen atoms in total. The number of hydrogen-bond acceptors (Lipinski definition) is 5. The Morgan fingerprint density at radius 3 is 2.62 bits per heavy atom. The molecule has 0 radical (unpaired) electrons. The Morgan fingerprint density at radius 2 is 1.95 bits per heavy atom. The summed E-state index contributed by atoms with van der Waals surface area (Å²) in [5.41, 5.74) is 6.92. The van der Waals surface area contributed by atoms with Crippen LogP contribution in [0.1, 0.15) is 23.3 Å². The van der Waals surface area contributed by atoms with Crippen molar-refractivity contribution in [2.75, 3.05) is 6.61 Å². The highest BCUT2D eigenvalue weighted by atomic mass is 19.4. The first-order valence-corrected chi connectivity index (χ1v) is 6.20. The summed E-state index contributed by atoms with van der Waals surface area (Å²) in [5, 5.41) is 3.54. The summed E-state index contributed by atoms with van der Waals surface area (Å²) in [6.45, 7) is -1.73. The first-order chi connectivity index (χ1) is 9.94. The highest BCUT2D eigenvalue weighted by Gasteiger charge is 2.27. The molecule has 21 heavy (non-hydrogen) atoms. The molecular formula is C13H14F3N3O2. The van der Waals surface area contributed by atoms with Gasteiger partial charge in [0.25, 0.3) is 0 Å². The van der Waals surface area contributed by atoms with E-state index in [1.54, 1.807) is 0 Å². The van der Waals surface area contributed by atoms with Crippen molar-refractivity contribution >= 4 is 0 Å². The fourth-order valence-corrected chi connectivity index (χ4v) is 1.69. The zero-order chi connectivity index (χ0) is 15.3. The van der Waals surface area contributed by atoms with Gasteiger partial charge >= 0.3 is 6.18 Å². The van der Waals surface area contributed by atoms with Crippen LogP contribution in [0, 0.1) is 0 Å². The van der Waals surface area contributed by atoms with Gasteiger partial charge in [0.1, 0.15) is 13.2 Å². The van der Waals surface area contributed by atoms with Gasteiger partial charge in [0.05, 0.1) is 6.04 Å². The maximum Gasteiger partial charge on any atom is 0.411 e. The Balaban J connectivity index is 1.87. The predicted octanol–water partition coefficient (Wildman–Crippen LogP) is 2.39. The second kappa shape index (κ2) is 6.68. The summed E-state index contributed by atoms with van der Waals surface area (Å²) in [4.78, 5) is 3.93. The lowest BCUT2D eigenvalue weighted by molar-refractivity contribution is -0.177. The number of nitrogens with zero attached hydrogens (tertiary/aromatic N) is 2. The van der Waals surface area contributed by atoms with Crippen molar-refractivity contribution in [1.29, 1.82) is 0 Å². The smallest absolute Gasteiger partial charge is 0.364 e. The Kier molecular flexibility index (Phi) is 4.92. The molecule has 0 aliphatic heterocycles. The minimum Gasteiger partial charge on any atom is -0.364 e. The van der Waals surface area contributed by atoms with E-state index in [1.807, 2.05) is 30.3 Å². The summed E-state index contributed by atoms with van der Waals surface area (Å²) in [7, 11) is 0. The number of nitrogens with two attached hydrogens (primary N) is 1. The van der Waals surface area contributed by atoms with Crippen LogP contribution < -0.4 is 5.73 Å². The minimum atomic E-state index is -4.38. The lowest BCUT2D eigenvalue weighted by atomic mass is 10.1. The van der Waals surface area contributed by atoms with Crippen LogP contribution in [0.4, 0.5) is 13.2 Å². The molecule has 0 saturated heterocycles. The lowest BCUT2D eigenvalue weighted by Gasteiger charge is -2.06. The first kappa shape index (κ1) is 15.5. The Labute approximate surface area is 118 Å². The number of ether oxygens (including phenoxy) is 1. The van der Waals surface area contributed by atoms with E-state index < -0.39 is 18.8 Å². The van der Waals surface area contributed by atoms with Crippen molar-refractivity contribution in [3.63, 3.8) is 0 Å². The molecule has 2 rings (SSSR count). The zero-order valence-corrected chi connectivity index (χ0v) is 11.0. The van der Waals surface area contributed by atoms with Gasteiger partial charge in [-0.2, -0.15) is 18.2 Å². The van der Waals surface area contributed by atoms with E-state index in [0.29, 0.717) is 6.42 Å². The molecule has 2 N–H and O–H groups in total. The maximum absolute atomic E-state index is 11.9. The van der Waals surface area contributed by atoms with Crippen molar-refractivity contribution in [2.45, 2.75) is 25.2 Å². The number of halogens is 3. The molecule has 0 amide bonds. The molecule has 1 aromatic carbocycles. The number of alkyl halides is 3. The summed E-state index contributed by atoms with van der Waals surface area (Å²) in [6, 6.07) is 8.94. The third-order valence-corrected chi connectivity index (χ3v) is 2.60. The fraction of sp³-hybridized carbons (Fsp3) is 0.385. The topological polar surface area (TPSA) is 74.2 Å². The van der Waals surface area contributed by atoms with E-state index in [4.69, 9.17) is 10.3 Å². The summed E-state index contributed by atoms with van der Waals surface area (Å²) < 4.78 is 45.2. The van der Waals surface area contributed by atoms with Gasteiger partial charge in [-0.1, -0.05) is 35.5 Å². The van der Waals surface area contributed by atoms with Crippen molar-refractivity contribution in [3.05, 3.63) is 47.6 Å². The standard InChI is InChI=1S/C13H14F3N3O2/c14-13(15,16)8-20-7-11-18-12(21-19-11)10(17)6-9-4-2-1-3-5-9/h1-5,10H,6-8,17H2/t10-/m0/s1. The molecule has 8 heteroatoms. The molecule has 0 bridgehead atoms. The van der Waals surface area contributed by atoms with E-state index in [-0.39, 0.29) is 18.3 Å². The van der Waals surface area contributed by atoms with Crippen molar-refractivity contribution < 1.29 is 22.4 Å². The highest BCUT2D eigenvalue weighted by Crippen LogP contribution is 2.17. The average molecular weight is 301 g/mol. The van der Waals surface area contributed by atoms with Crippen LogP contribution in [0.2, 0.25) is 0 Å². The molecule has 2 aromatic rings. The monoisotopic (exact) mass is 301 g/mol. The van der Waals surface area contributed by atoms with Gasteiger partial charge < -0.3 is 15.0 Å². The number of rotatable bonds is 6. The molecule has 0 unspecified atom stereocenters. The van der Waals surface area contributed by atoms with E-state index in [2.05, 4.69) is 14.9 Å². The van der Waals surface area contributed by atoms with Gasteiger partial charge in [0.2, 0.25) is 5.89 Å². The highest BCUT2D eigenvalue weighted by molar-refractivity contribution is 5.16. The van der Waals surface area contributed by atoms with Crippen molar-refractivity contribution in [1.82, 2.24) is 10.1 Å².